The fourth-order valence-corrected chi connectivity index (χ4v) is 2.95. The number of hydrogen-bond donors (Lipinski definition) is 1. The van der Waals surface area contributed by atoms with Crippen LogP contribution in [0.25, 0.3) is 5.76 Å². The van der Waals surface area contributed by atoms with Gasteiger partial charge in [0.15, 0.2) is 5.76 Å². The van der Waals surface area contributed by atoms with Crippen LogP contribution in [0.1, 0.15) is 17.0 Å². The summed E-state index contributed by atoms with van der Waals surface area (Å²) >= 11 is 0. The molecule has 0 aliphatic carbocycles. The van der Waals surface area contributed by atoms with Gasteiger partial charge in [-0.3, -0.25) is 10.1 Å². The van der Waals surface area contributed by atoms with E-state index in [0.29, 0.717) is 16.9 Å². The van der Waals surface area contributed by atoms with E-state index in [4.69, 9.17) is 15.2 Å². The number of nitro benzene ring substituents is 1. The second kappa shape index (κ2) is 7.52. The van der Waals surface area contributed by atoms with Crippen molar-refractivity contribution in [3.8, 4) is 17.9 Å². The Labute approximate surface area is 160 Å². The Hall–Kier alpha value is -4.30. The minimum atomic E-state index is -0.790. The Bertz CT molecular complexity index is 1070. The molecule has 8 nitrogen and oxygen atoms in total. The predicted molar refractivity (Wildman–Crippen MR) is 99.3 cm³/mol. The number of nitro groups is 1. The maximum atomic E-state index is 10.9. The summed E-state index contributed by atoms with van der Waals surface area (Å²) in [6.07, 6.45) is 0. The van der Waals surface area contributed by atoms with Gasteiger partial charge in [0.25, 0.3) is 5.69 Å². The highest BCUT2D eigenvalue weighted by atomic mass is 16.6. The minimum Gasteiger partial charge on any atom is -0.497 e. The van der Waals surface area contributed by atoms with Gasteiger partial charge in [-0.25, -0.2) is 0 Å². The van der Waals surface area contributed by atoms with E-state index < -0.39 is 10.8 Å². The summed E-state index contributed by atoms with van der Waals surface area (Å²) in [5.41, 5.74) is 7.23. The molecule has 2 aromatic carbocycles. The van der Waals surface area contributed by atoms with Crippen LogP contribution < -0.4 is 10.5 Å². The van der Waals surface area contributed by atoms with Crippen molar-refractivity contribution in [2.45, 2.75) is 5.92 Å². The number of benzene rings is 2. The lowest BCUT2D eigenvalue weighted by Gasteiger charge is -2.26. The summed E-state index contributed by atoms with van der Waals surface area (Å²) in [6.45, 7) is 0. The number of non-ortho nitro benzene ring substituents is 1. The molecule has 0 fully saturated rings. The molecule has 0 saturated heterocycles. The summed E-state index contributed by atoms with van der Waals surface area (Å²) in [7, 11) is 1.54. The van der Waals surface area contributed by atoms with E-state index in [1.807, 2.05) is 6.07 Å². The number of nitriles is 2. The van der Waals surface area contributed by atoms with Crippen molar-refractivity contribution < 1.29 is 14.4 Å². The summed E-state index contributed by atoms with van der Waals surface area (Å²) in [4.78, 5) is 10.4. The number of allylic oxidation sites excluding steroid dienone is 2. The summed E-state index contributed by atoms with van der Waals surface area (Å²) in [5.74, 6) is -0.0471. The van der Waals surface area contributed by atoms with E-state index in [9.17, 15) is 20.6 Å². The molecule has 1 aliphatic heterocycles. The number of rotatable bonds is 4. The highest BCUT2D eigenvalue weighted by Gasteiger charge is 2.34. The Morgan fingerprint density at radius 2 is 1.68 bits per heavy atom. The average Bonchev–Trinajstić information content (AvgIpc) is 2.73. The summed E-state index contributed by atoms with van der Waals surface area (Å²) in [5, 5.41) is 30.3. The Morgan fingerprint density at radius 1 is 1.07 bits per heavy atom. The second-order valence-electron chi connectivity index (χ2n) is 5.86. The van der Waals surface area contributed by atoms with Gasteiger partial charge in [-0.2, -0.15) is 10.5 Å². The molecular formula is C20H14N4O4. The predicted octanol–water partition coefficient (Wildman–Crippen LogP) is 3.35. The molecule has 3 rings (SSSR count). The Balaban J connectivity index is 2.16. The number of nitrogens with zero attached hydrogens (tertiary/aromatic N) is 3. The lowest BCUT2D eigenvalue weighted by molar-refractivity contribution is -0.384. The average molecular weight is 374 g/mol. The van der Waals surface area contributed by atoms with E-state index in [1.165, 1.54) is 31.4 Å². The van der Waals surface area contributed by atoms with Crippen LogP contribution in [-0.4, -0.2) is 12.0 Å². The molecule has 0 bridgehead atoms. The van der Waals surface area contributed by atoms with E-state index >= 15 is 0 Å². The molecule has 8 heteroatoms. The fourth-order valence-electron chi connectivity index (χ4n) is 2.95. The third kappa shape index (κ3) is 3.22. The quantitative estimate of drug-likeness (QED) is 0.640. The first kappa shape index (κ1) is 18.5. The van der Waals surface area contributed by atoms with Gasteiger partial charge in [0.2, 0.25) is 5.88 Å². The first-order chi connectivity index (χ1) is 13.5. The molecule has 138 valence electrons. The van der Waals surface area contributed by atoms with E-state index in [2.05, 4.69) is 6.07 Å². The topological polar surface area (TPSA) is 135 Å². The standard InChI is InChI=1S/C20H14N4O4/c1-27-15-8-4-13(5-9-15)19-16(10-21)18(17(11-22)20(23)28-19)12-2-6-14(7-3-12)24(25)26/h2-9,18H,23H2,1H3. The Kier molecular flexibility index (Phi) is 4.97. The third-order valence-electron chi connectivity index (χ3n) is 4.33. The van der Waals surface area contributed by atoms with Crippen molar-refractivity contribution in [1.29, 1.82) is 10.5 Å². The lowest BCUT2D eigenvalue weighted by Crippen LogP contribution is -2.20. The van der Waals surface area contributed by atoms with Crippen LogP contribution in [0.4, 0.5) is 5.69 Å². The molecule has 1 unspecified atom stereocenters. The Morgan fingerprint density at radius 3 is 2.18 bits per heavy atom. The molecule has 0 saturated carbocycles. The van der Waals surface area contributed by atoms with Crippen molar-refractivity contribution in [2.75, 3.05) is 7.11 Å². The molecule has 0 spiro atoms. The number of hydrogen-bond acceptors (Lipinski definition) is 7. The van der Waals surface area contributed by atoms with E-state index in [0.717, 1.165) is 0 Å². The number of nitrogens with two attached hydrogens (primary N) is 1. The van der Waals surface area contributed by atoms with Crippen LogP contribution in [0, 0.1) is 32.8 Å². The van der Waals surface area contributed by atoms with Gasteiger partial charge in [0, 0.05) is 17.7 Å². The van der Waals surface area contributed by atoms with Gasteiger partial charge in [0.05, 0.1) is 29.6 Å². The molecule has 2 aromatic rings. The molecule has 28 heavy (non-hydrogen) atoms. The van der Waals surface area contributed by atoms with E-state index in [-0.39, 0.29) is 28.5 Å². The zero-order chi connectivity index (χ0) is 20.3. The van der Waals surface area contributed by atoms with E-state index in [1.54, 1.807) is 24.3 Å². The van der Waals surface area contributed by atoms with Crippen molar-refractivity contribution in [3.05, 3.63) is 86.8 Å². The van der Waals surface area contributed by atoms with Crippen LogP contribution >= 0.6 is 0 Å². The molecule has 0 amide bonds. The van der Waals surface area contributed by atoms with Crippen molar-refractivity contribution >= 4 is 11.4 Å². The normalized spacial score (nSPS) is 16.0. The first-order valence-electron chi connectivity index (χ1n) is 8.10. The highest BCUT2D eigenvalue weighted by Crippen LogP contribution is 2.42. The van der Waals surface area contributed by atoms with Crippen LogP contribution in [0.3, 0.4) is 0 Å². The van der Waals surface area contributed by atoms with Crippen LogP contribution in [0.5, 0.6) is 5.75 Å². The molecule has 2 N–H and O–H groups in total. The maximum absolute atomic E-state index is 10.9. The van der Waals surface area contributed by atoms with Crippen molar-refractivity contribution in [2.24, 2.45) is 5.73 Å². The maximum Gasteiger partial charge on any atom is 0.269 e. The second-order valence-corrected chi connectivity index (χ2v) is 5.86. The lowest BCUT2D eigenvalue weighted by atomic mass is 9.82. The highest BCUT2D eigenvalue weighted by molar-refractivity contribution is 5.74. The largest absolute Gasteiger partial charge is 0.497 e. The van der Waals surface area contributed by atoms with Crippen LogP contribution in [0.15, 0.2) is 65.6 Å². The van der Waals surface area contributed by atoms with Crippen molar-refractivity contribution in [3.63, 3.8) is 0 Å². The smallest absolute Gasteiger partial charge is 0.269 e. The SMILES string of the molecule is COc1ccc(C2=C(C#N)C(c3ccc([N+](=O)[O-])cc3)C(C#N)=C(N)O2)cc1. The first-order valence-corrected chi connectivity index (χ1v) is 8.10. The monoisotopic (exact) mass is 374 g/mol. The van der Waals surface area contributed by atoms with Gasteiger partial charge in [-0.05, 0) is 29.8 Å². The molecular weight excluding hydrogens is 360 g/mol. The van der Waals surface area contributed by atoms with Crippen LogP contribution in [-0.2, 0) is 4.74 Å². The van der Waals surface area contributed by atoms with Crippen LogP contribution in [0.2, 0.25) is 0 Å². The molecule has 1 heterocycles. The van der Waals surface area contributed by atoms with Gasteiger partial charge >= 0.3 is 0 Å². The third-order valence-corrected chi connectivity index (χ3v) is 4.33. The van der Waals surface area contributed by atoms with Gasteiger partial charge < -0.3 is 15.2 Å². The molecule has 1 aliphatic rings. The van der Waals surface area contributed by atoms with Gasteiger partial charge in [0.1, 0.15) is 17.4 Å². The zero-order valence-electron chi connectivity index (χ0n) is 14.7. The number of methoxy groups -OCH3 is 1. The zero-order valence-corrected chi connectivity index (χ0v) is 14.7. The molecule has 1 atom stereocenters. The summed E-state index contributed by atoms with van der Waals surface area (Å²) < 4.78 is 10.7. The van der Waals surface area contributed by atoms with Crippen molar-refractivity contribution in [1.82, 2.24) is 0 Å². The molecule has 0 aromatic heterocycles. The van der Waals surface area contributed by atoms with Gasteiger partial charge in [-0.1, -0.05) is 12.1 Å². The van der Waals surface area contributed by atoms with Gasteiger partial charge in [-0.15, -0.1) is 0 Å². The fraction of sp³-hybridized carbons (Fsp3) is 0.100. The number of ether oxygens (including phenoxy) is 2. The molecule has 0 radical (unpaired) electrons. The summed E-state index contributed by atoms with van der Waals surface area (Å²) in [6, 6.07) is 16.6. The minimum absolute atomic E-state index is 0.0719.